The summed E-state index contributed by atoms with van der Waals surface area (Å²) in [6.45, 7) is 2.22. The van der Waals surface area contributed by atoms with Crippen LogP contribution in [0.1, 0.15) is 18.2 Å². The van der Waals surface area contributed by atoms with Gasteiger partial charge in [-0.1, -0.05) is 35.5 Å². The molecule has 0 unspecified atom stereocenters. The molecule has 0 saturated heterocycles. The van der Waals surface area contributed by atoms with Crippen molar-refractivity contribution >= 4 is 28.1 Å². The van der Waals surface area contributed by atoms with Gasteiger partial charge in [0, 0.05) is 5.38 Å². The number of nitrogens with zero attached hydrogens (tertiary/aromatic N) is 2. The summed E-state index contributed by atoms with van der Waals surface area (Å²) in [5.41, 5.74) is 6.88. The van der Waals surface area contributed by atoms with Crippen LogP contribution in [0.15, 0.2) is 40.9 Å². The maximum Gasteiger partial charge on any atom is 0.362 e. The highest BCUT2D eigenvalue weighted by Gasteiger charge is 2.19. The number of oxime groups is 1. The third-order valence-electron chi connectivity index (χ3n) is 2.46. The number of thiazole rings is 1. The van der Waals surface area contributed by atoms with Crippen LogP contribution in [0.25, 0.3) is 0 Å². The highest BCUT2D eigenvalue weighted by molar-refractivity contribution is 7.13. The van der Waals surface area contributed by atoms with Crippen LogP contribution in [0.2, 0.25) is 0 Å². The number of hydrogen-bond acceptors (Lipinski definition) is 7. The first-order chi connectivity index (χ1) is 10.2. The van der Waals surface area contributed by atoms with E-state index in [4.69, 9.17) is 15.3 Å². The lowest BCUT2D eigenvalue weighted by Crippen LogP contribution is -2.19. The molecule has 6 nitrogen and oxygen atoms in total. The Kier molecular flexibility index (Phi) is 5.28. The Hall–Kier alpha value is -2.41. The molecule has 7 heteroatoms. The molecule has 0 saturated carbocycles. The fourth-order valence-corrected chi connectivity index (χ4v) is 2.08. The first-order valence-corrected chi connectivity index (χ1v) is 7.21. The Bertz CT molecular complexity index is 625. The summed E-state index contributed by atoms with van der Waals surface area (Å²) in [7, 11) is 0. The molecular weight excluding hydrogens is 290 g/mol. The second kappa shape index (κ2) is 7.39. The fraction of sp³-hybridized carbons (Fsp3) is 0.214. The van der Waals surface area contributed by atoms with Crippen LogP contribution in [-0.4, -0.2) is 23.3 Å². The van der Waals surface area contributed by atoms with E-state index in [1.807, 2.05) is 30.3 Å². The lowest BCUT2D eigenvalue weighted by Gasteiger charge is -2.04. The van der Waals surface area contributed by atoms with Crippen LogP contribution in [0.3, 0.4) is 0 Å². The number of nitrogens with two attached hydrogens (primary N) is 1. The number of ether oxygens (including phenoxy) is 1. The van der Waals surface area contributed by atoms with Gasteiger partial charge < -0.3 is 15.3 Å². The number of carbonyl (C=O) groups excluding carboxylic acids is 1. The second-order valence-electron chi connectivity index (χ2n) is 3.99. The molecule has 110 valence electrons. The molecule has 0 radical (unpaired) electrons. The number of benzene rings is 1. The van der Waals surface area contributed by atoms with E-state index in [9.17, 15) is 4.79 Å². The molecule has 0 bridgehead atoms. The van der Waals surface area contributed by atoms with E-state index in [2.05, 4.69) is 10.1 Å². The number of rotatable bonds is 6. The monoisotopic (exact) mass is 305 g/mol. The standard InChI is InChI=1S/C14H15N3O3S/c1-2-19-13(18)12(11-9-21-14(15)16-11)17-20-8-10-6-4-3-5-7-10/h3-7,9H,2,8H2,1H3,(H2,15,16)/b17-12+. The van der Waals surface area contributed by atoms with Gasteiger partial charge in [0.05, 0.1) is 6.61 Å². The molecule has 0 amide bonds. The molecule has 2 N–H and O–H groups in total. The molecule has 2 rings (SSSR count). The summed E-state index contributed by atoms with van der Waals surface area (Å²) >= 11 is 1.22. The molecule has 2 aromatic rings. The molecule has 1 heterocycles. The second-order valence-corrected chi connectivity index (χ2v) is 4.88. The van der Waals surface area contributed by atoms with Crippen molar-refractivity contribution < 1.29 is 14.4 Å². The molecule has 0 spiro atoms. The third-order valence-corrected chi connectivity index (χ3v) is 3.14. The van der Waals surface area contributed by atoms with Crippen LogP contribution in [-0.2, 0) is 21.0 Å². The number of aromatic nitrogens is 1. The van der Waals surface area contributed by atoms with Gasteiger partial charge in [0.1, 0.15) is 12.3 Å². The van der Waals surface area contributed by atoms with Crippen molar-refractivity contribution in [2.24, 2.45) is 5.16 Å². The fourth-order valence-electron chi connectivity index (χ4n) is 1.53. The predicted molar refractivity (Wildman–Crippen MR) is 80.9 cm³/mol. The van der Waals surface area contributed by atoms with Crippen LogP contribution in [0.4, 0.5) is 5.13 Å². The Balaban J connectivity index is 2.11. The van der Waals surface area contributed by atoms with Crippen molar-refractivity contribution in [3.8, 4) is 0 Å². The van der Waals surface area contributed by atoms with Crippen molar-refractivity contribution in [2.45, 2.75) is 13.5 Å². The van der Waals surface area contributed by atoms with Crippen molar-refractivity contribution in [1.29, 1.82) is 0 Å². The summed E-state index contributed by atoms with van der Waals surface area (Å²) in [6, 6.07) is 9.52. The number of carbonyl (C=O) groups is 1. The maximum atomic E-state index is 11.9. The molecule has 0 aliphatic carbocycles. The topological polar surface area (TPSA) is 86.8 Å². The average molecular weight is 305 g/mol. The van der Waals surface area contributed by atoms with Gasteiger partial charge in [-0.2, -0.15) is 0 Å². The van der Waals surface area contributed by atoms with Crippen molar-refractivity contribution in [3.05, 3.63) is 47.0 Å². The SMILES string of the molecule is CCOC(=O)/C(=N/OCc1ccccc1)c1csc(N)n1. The van der Waals surface area contributed by atoms with Gasteiger partial charge in [-0.15, -0.1) is 11.3 Å². The van der Waals surface area contributed by atoms with E-state index >= 15 is 0 Å². The lowest BCUT2D eigenvalue weighted by atomic mass is 10.2. The highest BCUT2D eigenvalue weighted by Crippen LogP contribution is 2.13. The van der Waals surface area contributed by atoms with Gasteiger partial charge in [-0.3, -0.25) is 0 Å². The van der Waals surface area contributed by atoms with Crippen molar-refractivity contribution in [3.63, 3.8) is 0 Å². The van der Waals surface area contributed by atoms with Gasteiger partial charge in [-0.05, 0) is 12.5 Å². The summed E-state index contributed by atoms with van der Waals surface area (Å²) in [4.78, 5) is 21.1. The summed E-state index contributed by atoms with van der Waals surface area (Å²) in [6.07, 6.45) is 0. The zero-order chi connectivity index (χ0) is 15.1. The number of anilines is 1. The Morgan fingerprint density at radius 1 is 1.38 bits per heavy atom. The van der Waals surface area contributed by atoms with Gasteiger partial charge >= 0.3 is 5.97 Å². The molecule has 1 aromatic heterocycles. The minimum Gasteiger partial charge on any atom is -0.461 e. The predicted octanol–water partition coefficient (Wildman–Crippen LogP) is 2.21. The van der Waals surface area contributed by atoms with Gasteiger partial charge in [0.2, 0.25) is 5.71 Å². The Morgan fingerprint density at radius 3 is 2.76 bits per heavy atom. The molecule has 1 aromatic carbocycles. The van der Waals surface area contributed by atoms with E-state index < -0.39 is 5.97 Å². The van der Waals surface area contributed by atoms with E-state index in [1.54, 1.807) is 12.3 Å². The van der Waals surface area contributed by atoms with Crippen LogP contribution in [0.5, 0.6) is 0 Å². The van der Waals surface area contributed by atoms with E-state index in [1.165, 1.54) is 11.3 Å². The summed E-state index contributed by atoms with van der Waals surface area (Å²) in [5, 5.41) is 5.84. The van der Waals surface area contributed by atoms with Gasteiger partial charge in [0.25, 0.3) is 0 Å². The molecule has 21 heavy (non-hydrogen) atoms. The molecular formula is C14H15N3O3S. The van der Waals surface area contributed by atoms with Crippen molar-refractivity contribution in [1.82, 2.24) is 4.98 Å². The molecule has 0 aliphatic heterocycles. The van der Waals surface area contributed by atoms with E-state index in [-0.39, 0.29) is 18.9 Å². The van der Waals surface area contributed by atoms with Gasteiger partial charge in [-0.25, -0.2) is 9.78 Å². The Labute approximate surface area is 126 Å². The molecule has 0 atom stereocenters. The molecule has 0 fully saturated rings. The Morgan fingerprint density at radius 2 is 2.14 bits per heavy atom. The highest BCUT2D eigenvalue weighted by atomic mass is 32.1. The van der Waals surface area contributed by atoms with E-state index in [0.29, 0.717) is 10.8 Å². The summed E-state index contributed by atoms with van der Waals surface area (Å²) in [5.74, 6) is -0.587. The minimum absolute atomic E-state index is 0.0146. The first kappa shape index (κ1) is 15.0. The quantitative estimate of drug-likeness (QED) is 0.502. The molecule has 0 aliphatic rings. The third kappa shape index (κ3) is 4.28. The van der Waals surface area contributed by atoms with E-state index in [0.717, 1.165) is 5.56 Å². The van der Waals surface area contributed by atoms with Crippen LogP contribution < -0.4 is 5.73 Å². The van der Waals surface area contributed by atoms with Crippen LogP contribution in [0, 0.1) is 0 Å². The zero-order valence-electron chi connectivity index (χ0n) is 11.5. The number of esters is 1. The number of hydrogen-bond donors (Lipinski definition) is 1. The van der Waals surface area contributed by atoms with Crippen molar-refractivity contribution in [2.75, 3.05) is 12.3 Å². The number of nitrogen functional groups attached to an aromatic ring is 1. The normalized spacial score (nSPS) is 11.2. The van der Waals surface area contributed by atoms with Crippen LogP contribution >= 0.6 is 11.3 Å². The van der Waals surface area contributed by atoms with Gasteiger partial charge in [0.15, 0.2) is 5.13 Å². The smallest absolute Gasteiger partial charge is 0.362 e. The zero-order valence-corrected chi connectivity index (χ0v) is 12.3. The first-order valence-electron chi connectivity index (χ1n) is 6.33. The average Bonchev–Trinajstić information content (AvgIpc) is 2.91. The maximum absolute atomic E-state index is 11.9. The largest absolute Gasteiger partial charge is 0.461 e. The lowest BCUT2D eigenvalue weighted by molar-refractivity contribution is -0.135. The minimum atomic E-state index is -0.587. The summed E-state index contributed by atoms with van der Waals surface area (Å²) < 4.78 is 4.94.